The van der Waals surface area contributed by atoms with Gasteiger partial charge in [0.05, 0.1) is 23.2 Å². The highest BCUT2D eigenvalue weighted by atomic mass is 79.9. The number of hydrogen-bond donors (Lipinski definition) is 1. The van der Waals surface area contributed by atoms with Crippen LogP contribution in [0.1, 0.15) is 30.7 Å². The van der Waals surface area contributed by atoms with Crippen LogP contribution in [0.2, 0.25) is 0 Å². The van der Waals surface area contributed by atoms with Gasteiger partial charge >= 0.3 is 0 Å². The van der Waals surface area contributed by atoms with Gasteiger partial charge in [-0.1, -0.05) is 15.9 Å². The van der Waals surface area contributed by atoms with E-state index in [0.29, 0.717) is 35.0 Å². The van der Waals surface area contributed by atoms with Crippen molar-refractivity contribution < 1.29 is 9.18 Å². The summed E-state index contributed by atoms with van der Waals surface area (Å²) in [6, 6.07) is 8.76. The van der Waals surface area contributed by atoms with Crippen LogP contribution >= 0.6 is 27.3 Å². The van der Waals surface area contributed by atoms with Gasteiger partial charge in [0.25, 0.3) is 0 Å². The largest absolute Gasteiger partial charge is 0.384 e. The molecule has 0 fully saturated rings. The van der Waals surface area contributed by atoms with Gasteiger partial charge in [0.2, 0.25) is 0 Å². The Kier molecular flexibility index (Phi) is 4.62. The zero-order chi connectivity index (χ0) is 19.1. The van der Waals surface area contributed by atoms with Gasteiger partial charge in [-0.2, -0.15) is 16.6 Å². The number of ketones is 1. The fourth-order valence-corrected chi connectivity index (χ4v) is 4.82. The van der Waals surface area contributed by atoms with Gasteiger partial charge < -0.3 is 5.73 Å². The van der Waals surface area contributed by atoms with E-state index in [2.05, 4.69) is 22.0 Å². The lowest BCUT2D eigenvalue weighted by Crippen LogP contribution is -2.39. The quantitative estimate of drug-likeness (QED) is 0.712. The SMILES string of the molecule is N#CC1=C(N)N(c2ccc(Br)cc2F)C2=C(C(=O)CCC2)[C@@H]1c1ccsc1. The van der Waals surface area contributed by atoms with Gasteiger partial charge in [0.15, 0.2) is 5.78 Å². The first-order valence-electron chi connectivity index (χ1n) is 8.46. The monoisotopic (exact) mass is 443 g/mol. The van der Waals surface area contributed by atoms with Crippen LogP contribution < -0.4 is 10.6 Å². The molecule has 136 valence electrons. The Hall–Kier alpha value is -2.43. The molecule has 7 heteroatoms. The summed E-state index contributed by atoms with van der Waals surface area (Å²) in [5.41, 5.74) is 9.04. The van der Waals surface area contributed by atoms with E-state index < -0.39 is 11.7 Å². The summed E-state index contributed by atoms with van der Waals surface area (Å²) in [4.78, 5) is 14.4. The van der Waals surface area contributed by atoms with Crippen molar-refractivity contribution in [3.05, 3.63) is 73.5 Å². The molecule has 1 aromatic carbocycles. The molecule has 1 atom stereocenters. The molecule has 0 spiro atoms. The minimum atomic E-state index is -0.487. The molecular weight excluding hydrogens is 429 g/mol. The molecule has 0 saturated heterocycles. The zero-order valence-corrected chi connectivity index (χ0v) is 16.6. The first-order chi connectivity index (χ1) is 13.0. The maximum Gasteiger partial charge on any atom is 0.161 e. The summed E-state index contributed by atoms with van der Waals surface area (Å²) in [6.07, 6.45) is 1.71. The van der Waals surface area contributed by atoms with E-state index in [0.717, 1.165) is 5.56 Å². The third kappa shape index (κ3) is 2.89. The van der Waals surface area contributed by atoms with Crippen molar-refractivity contribution in [2.75, 3.05) is 4.90 Å². The highest BCUT2D eigenvalue weighted by molar-refractivity contribution is 9.10. The number of halogens is 2. The van der Waals surface area contributed by atoms with Crippen LogP contribution in [0, 0.1) is 17.1 Å². The predicted molar refractivity (Wildman–Crippen MR) is 106 cm³/mol. The fraction of sp³-hybridized carbons (Fsp3) is 0.200. The smallest absolute Gasteiger partial charge is 0.161 e. The summed E-state index contributed by atoms with van der Waals surface area (Å²) in [5.74, 6) is -0.777. The van der Waals surface area contributed by atoms with Gasteiger partial charge in [0, 0.05) is 22.2 Å². The average molecular weight is 444 g/mol. The maximum absolute atomic E-state index is 14.7. The number of thiophene rings is 1. The van der Waals surface area contributed by atoms with Gasteiger partial charge in [-0.25, -0.2) is 4.39 Å². The number of nitriles is 1. The summed E-state index contributed by atoms with van der Waals surface area (Å²) in [5, 5.41) is 13.7. The van der Waals surface area contributed by atoms with Crippen LogP contribution in [-0.4, -0.2) is 5.78 Å². The molecule has 4 rings (SSSR count). The Morgan fingerprint density at radius 1 is 1.33 bits per heavy atom. The first kappa shape index (κ1) is 18.0. The van der Waals surface area contributed by atoms with Crippen LogP contribution in [0.5, 0.6) is 0 Å². The van der Waals surface area contributed by atoms with Crippen LogP contribution in [0.15, 0.2) is 62.2 Å². The van der Waals surface area contributed by atoms with E-state index >= 15 is 0 Å². The second-order valence-corrected chi connectivity index (χ2v) is 8.16. The number of anilines is 1. The van der Waals surface area contributed by atoms with Crippen LogP contribution in [0.3, 0.4) is 0 Å². The van der Waals surface area contributed by atoms with E-state index in [4.69, 9.17) is 5.73 Å². The molecule has 0 unspecified atom stereocenters. The molecule has 1 aromatic heterocycles. The number of nitrogens with zero attached hydrogens (tertiary/aromatic N) is 2. The molecule has 2 N–H and O–H groups in total. The first-order valence-corrected chi connectivity index (χ1v) is 10.2. The highest BCUT2D eigenvalue weighted by Crippen LogP contribution is 2.47. The van der Waals surface area contributed by atoms with Gasteiger partial charge in [0.1, 0.15) is 11.6 Å². The number of allylic oxidation sites excluding steroid dienone is 3. The number of benzene rings is 1. The van der Waals surface area contributed by atoms with E-state index in [1.807, 2.05) is 16.8 Å². The standard InChI is InChI=1S/C20H15BrFN3OS/c21-12-4-5-15(14(22)8-12)25-16-2-1-3-17(26)19(16)18(11-6-7-27-10-11)13(9-23)20(25)24/h4-8,10,18H,1-3,24H2/t18-/m1/s1. The normalized spacial score (nSPS) is 20.0. The topological polar surface area (TPSA) is 70.1 Å². The van der Waals surface area contributed by atoms with Crippen molar-refractivity contribution in [2.24, 2.45) is 5.73 Å². The van der Waals surface area contributed by atoms with Gasteiger partial charge in [-0.3, -0.25) is 9.69 Å². The third-order valence-corrected chi connectivity index (χ3v) is 6.14. The molecule has 2 heterocycles. The number of nitrogens with two attached hydrogens (primary N) is 1. The molecule has 2 aliphatic rings. The lowest BCUT2D eigenvalue weighted by atomic mass is 9.76. The lowest BCUT2D eigenvalue weighted by Gasteiger charge is -2.39. The van der Waals surface area contributed by atoms with Gasteiger partial charge in [-0.15, -0.1) is 0 Å². The van der Waals surface area contributed by atoms with Crippen molar-refractivity contribution in [3.63, 3.8) is 0 Å². The molecule has 27 heavy (non-hydrogen) atoms. The van der Waals surface area contributed by atoms with Crippen molar-refractivity contribution in [2.45, 2.75) is 25.2 Å². The molecular formula is C20H15BrFN3OS. The van der Waals surface area contributed by atoms with Crippen molar-refractivity contribution in [1.29, 1.82) is 5.26 Å². The Labute approximate surface area is 168 Å². The molecule has 0 bridgehead atoms. The molecule has 0 saturated carbocycles. The zero-order valence-electron chi connectivity index (χ0n) is 14.2. The minimum absolute atomic E-state index is 0.00443. The molecule has 2 aromatic rings. The van der Waals surface area contributed by atoms with E-state index in [-0.39, 0.29) is 22.9 Å². The molecule has 4 nitrogen and oxygen atoms in total. The maximum atomic E-state index is 14.7. The van der Waals surface area contributed by atoms with Crippen molar-refractivity contribution in [3.8, 4) is 6.07 Å². The van der Waals surface area contributed by atoms with Crippen LogP contribution in [-0.2, 0) is 4.79 Å². The van der Waals surface area contributed by atoms with E-state index in [9.17, 15) is 14.4 Å². The lowest BCUT2D eigenvalue weighted by molar-refractivity contribution is -0.116. The van der Waals surface area contributed by atoms with Crippen molar-refractivity contribution in [1.82, 2.24) is 0 Å². The second-order valence-electron chi connectivity index (χ2n) is 6.47. The Morgan fingerprint density at radius 2 is 2.15 bits per heavy atom. The molecule has 0 amide bonds. The summed E-state index contributed by atoms with van der Waals surface area (Å²) in [6.45, 7) is 0. The predicted octanol–water partition coefficient (Wildman–Crippen LogP) is 4.95. The summed E-state index contributed by atoms with van der Waals surface area (Å²) in [7, 11) is 0. The van der Waals surface area contributed by atoms with E-state index in [1.54, 1.807) is 17.0 Å². The molecule has 1 aliphatic heterocycles. The molecule has 0 radical (unpaired) electrons. The Bertz CT molecular complexity index is 1040. The third-order valence-electron chi connectivity index (χ3n) is 4.94. The second kappa shape index (κ2) is 6.95. The summed E-state index contributed by atoms with van der Waals surface area (Å²) >= 11 is 4.76. The van der Waals surface area contributed by atoms with Crippen molar-refractivity contribution >= 4 is 38.7 Å². The number of rotatable bonds is 2. The fourth-order valence-electron chi connectivity index (χ4n) is 3.80. The number of Topliss-reactive ketones (excluding diaryl/α,β-unsaturated/α-hetero) is 1. The Balaban J connectivity index is 1.99. The van der Waals surface area contributed by atoms with Gasteiger partial charge in [-0.05, 0) is 53.4 Å². The van der Waals surface area contributed by atoms with Crippen LogP contribution in [0.4, 0.5) is 10.1 Å². The summed E-state index contributed by atoms with van der Waals surface area (Å²) < 4.78 is 15.3. The van der Waals surface area contributed by atoms with E-state index in [1.165, 1.54) is 17.4 Å². The average Bonchev–Trinajstić information content (AvgIpc) is 3.16. The number of hydrogen-bond acceptors (Lipinski definition) is 5. The highest BCUT2D eigenvalue weighted by Gasteiger charge is 2.40. The minimum Gasteiger partial charge on any atom is -0.384 e. The molecule has 1 aliphatic carbocycles. The van der Waals surface area contributed by atoms with Crippen LogP contribution in [0.25, 0.3) is 0 Å². The number of carbonyl (C=O) groups is 1. The number of carbonyl (C=O) groups excluding carboxylic acids is 1. The Morgan fingerprint density at radius 3 is 2.81 bits per heavy atom.